The molecule has 108 valence electrons. The number of rotatable bonds is 2. The van der Waals surface area contributed by atoms with Crippen LogP contribution in [0.3, 0.4) is 0 Å². The number of pyridine rings is 1. The molecule has 9 nitrogen and oxygen atoms in total. The summed E-state index contributed by atoms with van der Waals surface area (Å²) in [5.74, 6) is 0.175. The van der Waals surface area contributed by atoms with Crippen molar-refractivity contribution in [2.75, 3.05) is 12.3 Å². The van der Waals surface area contributed by atoms with E-state index < -0.39 is 36.7 Å². The van der Waals surface area contributed by atoms with Crippen LogP contribution in [-0.4, -0.2) is 54.8 Å². The standard InChI is InChI=1S/C11H14N4O5/c12-6-1-4-7(10(19)14-6)15(3-13-4)11-9(18)8(17)5(2-16)20-11/h1,3,5,8-9,11,16-18H,2H2,(H3,12,14,19)/t5-,8-,9-,11-/m1/s1. The van der Waals surface area contributed by atoms with Crippen LogP contribution in [0.25, 0.3) is 11.0 Å². The average Bonchev–Trinajstić information content (AvgIpc) is 2.93. The topological polar surface area (TPSA) is 147 Å². The van der Waals surface area contributed by atoms with Gasteiger partial charge in [-0.2, -0.15) is 0 Å². The lowest BCUT2D eigenvalue weighted by Crippen LogP contribution is -2.33. The fraction of sp³-hybridized carbons (Fsp3) is 0.455. The van der Waals surface area contributed by atoms with Crippen LogP contribution < -0.4 is 11.3 Å². The second-order valence-electron chi connectivity index (χ2n) is 4.67. The van der Waals surface area contributed by atoms with Crippen LogP contribution in [0.1, 0.15) is 6.23 Å². The van der Waals surface area contributed by atoms with Crippen LogP contribution in [0.4, 0.5) is 5.82 Å². The Morgan fingerprint density at radius 1 is 1.45 bits per heavy atom. The summed E-state index contributed by atoms with van der Waals surface area (Å²) in [6.07, 6.45) is -3.12. The van der Waals surface area contributed by atoms with Crippen molar-refractivity contribution in [1.82, 2.24) is 14.5 Å². The highest BCUT2D eigenvalue weighted by molar-refractivity contribution is 5.76. The fourth-order valence-electron chi connectivity index (χ4n) is 2.39. The van der Waals surface area contributed by atoms with Crippen molar-refractivity contribution in [1.29, 1.82) is 0 Å². The Morgan fingerprint density at radius 3 is 2.85 bits per heavy atom. The van der Waals surface area contributed by atoms with Gasteiger partial charge in [-0.1, -0.05) is 0 Å². The number of aliphatic hydroxyl groups is 3. The summed E-state index contributed by atoms with van der Waals surface area (Å²) in [6.45, 7) is -0.440. The van der Waals surface area contributed by atoms with Crippen LogP contribution in [0.15, 0.2) is 17.2 Å². The quantitative estimate of drug-likeness (QED) is 0.424. The van der Waals surface area contributed by atoms with Gasteiger partial charge in [-0.25, -0.2) is 4.98 Å². The van der Waals surface area contributed by atoms with Crippen molar-refractivity contribution in [3.8, 4) is 0 Å². The maximum absolute atomic E-state index is 11.9. The molecular weight excluding hydrogens is 268 g/mol. The normalized spacial score (nSPS) is 30.1. The third-order valence-corrected chi connectivity index (χ3v) is 3.38. The van der Waals surface area contributed by atoms with Gasteiger partial charge < -0.3 is 30.8 Å². The monoisotopic (exact) mass is 282 g/mol. The highest BCUT2D eigenvalue weighted by Crippen LogP contribution is 2.30. The smallest absolute Gasteiger partial charge is 0.275 e. The largest absolute Gasteiger partial charge is 0.394 e. The third kappa shape index (κ3) is 1.79. The molecule has 0 radical (unpaired) electrons. The van der Waals surface area contributed by atoms with E-state index in [1.807, 2.05) is 0 Å². The SMILES string of the molecule is Nc1cc2ncn([C@@H]3O[C@H](CO)[C@@H](O)[C@H]3O)c2c(=O)[nH]1. The predicted molar refractivity (Wildman–Crippen MR) is 67.8 cm³/mol. The number of nitrogens with zero attached hydrogens (tertiary/aromatic N) is 2. The molecule has 2 aromatic heterocycles. The summed E-state index contributed by atoms with van der Waals surface area (Å²) < 4.78 is 6.68. The van der Waals surface area contributed by atoms with Crippen LogP contribution in [0.5, 0.6) is 0 Å². The lowest BCUT2D eigenvalue weighted by Gasteiger charge is -2.16. The van der Waals surface area contributed by atoms with Crippen LogP contribution in [0, 0.1) is 0 Å². The Bertz CT molecular complexity index is 696. The first kappa shape index (κ1) is 13.1. The molecule has 1 aliphatic rings. The predicted octanol–water partition coefficient (Wildman–Crippen LogP) is -2.08. The van der Waals surface area contributed by atoms with Gasteiger partial charge in [0, 0.05) is 6.07 Å². The van der Waals surface area contributed by atoms with Gasteiger partial charge in [-0.3, -0.25) is 9.36 Å². The van der Waals surface area contributed by atoms with E-state index in [1.54, 1.807) is 0 Å². The number of hydrogen-bond donors (Lipinski definition) is 5. The molecule has 1 fully saturated rings. The molecule has 0 bridgehead atoms. The number of aromatic nitrogens is 3. The number of hydrogen-bond acceptors (Lipinski definition) is 7. The number of nitrogen functional groups attached to an aromatic ring is 1. The highest BCUT2D eigenvalue weighted by Gasteiger charge is 2.43. The van der Waals surface area contributed by atoms with Gasteiger partial charge in [0.15, 0.2) is 6.23 Å². The van der Waals surface area contributed by atoms with Gasteiger partial charge in [0.05, 0.1) is 18.5 Å². The van der Waals surface area contributed by atoms with Gasteiger partial charge in [0.1, 0.15) is 29.6 Å². The first-order chi connectivity index (χ1) is 9.52. The minimum atomic E-state index is -1.28. The molecule has 0 amide bonds. The lowest BCUT2D eigenvalue weighted by atomic mass is 10.1. The van der Waals surface area contributed by atoms with Gasteiger partial charge in [-0.05, 0) is 0 Å². The number of nitrogens with two attached hydrogens (primary N) is 1. The summed E-state index contributed by atoms with van der Waals surface area (Å²) in [6, 6.07) is 1.48. The highest BCUT2D eigenvalue weighted by atomic mass is 16.6. The lowest BCUT2D eigenvalue weighted by molar-refractivity contribution is -0.0509. The Balaban J connectivity index is 2.10. The number of aromatic amines is 1. The van der Waals surface area contributed by atoms with E-state index in [-0.39, 0.29) is 11.3 Å². The summed E-state index contributed by atoms with van der Waals surface area (Å²) in [5.41, 5.74) is 5.57. The van der Waals surface area contributed by atoms with Crippen molar-refractivity contribution in [2.45, 2.75) is 24.5 Å². The maximum atomic E-state index is 11.9. The molecule has 4 atom stereocenters. The summed E-state index contributed by atoms with van der Waals surface area (Å²) >= 11 is 0. The molecule has 0 aromatic carbocycles. The van der Waals surface area contributed by atoms with E-state index in [2.05, 4.69) is 9.97 Å². The zero-order chi connectivity index (χ0) is 14.4. The Kier molecular flexibility index (Phi) is 2.98. The number of imidazole rings is 1. The number of aliphatic hydroxyl groups excluding tert-OH is 3. The number of anilines is 1. The molecule has 0 saturated carbocycles. The van der Waals surface area contributed by atoms with Crippen LogP contribution in [0.2, 0.25) is 0 Å². The molecule has 3 heterocycles. The number of nitrogens with one attached hydrogen (secondary N) is 1. The first-order valence-electron chi connectivity index (χ1n) is 6.00. The number of H-pyrrole nitrogens is 1. The summed E-state index contributed by atoms with van der Waals surface area (Å²) in [4.78, 5) is 18.4. The van der Waals surface area contributed by atoms with Gasteiger partial charge in [0.2, 0.25) is 0 Å². The zero-order valence-electron chi connectivity index (χ0n) is 10.3. The Labute approximate surface area is 112 Å². The van der Waals surface area contributed by atoms with Crippen molar-refractivity contribution >= 4 is 16.9 Å². The molecular formula is C11H14N4O5. The van der Waals surface area contributed by atoms with Crippen LogP contribution >= 0.6 is 0 Å². The van der Waals surface area contributed by atoms with E-state index >= 15 is 0 Å². The molecule has 9 heteroatoms. The molecule has 0 unspecified atom stereocenters. The summed E-state index contributed by atoms with van der Waals surface area (Å²) in [5, 5.41) is 28.8. The summed E-state index contributed by atoms with van der Waals surface area (Å²) in [7, 11) is 0. The fourth-order valence-corrected chi connectivity index (χ4v) is 2.39. The number of ether oxygens (including phenoxy) is 1. The van der Waals surface area contributed by atoms with E-state index in [9.17, 15) is 15.0 Å². The Morgan fingerprint density at radius 2 is 2.20 bits per heavy atom. The molecule has 20 heavy (non-hydrogen) atoms. The molecule has 6 N–H and O–H groups in total. The number of fused-ring (bicyclic) bond motifs is 1. The molecule has 1 aliphatic heterocycles. The van der Waals surface area contributed by atoms with Gasteiger partial charge in [-0.15, -0.1) is 0 Å². The molecule has 0 spiro atoms. The molecule has 0 aliphatic carbocycles. The molecule has 1 saturated heterocycles. The van der Waals surface area contributed by atoms with Crippen LogP contribution in [-0.2, 0) is 4.74 Å². The van der Waals surface area contributed by atoms with E-state index in [4.69, 9.17) is 15.6 Å². The van der Waals surface area contributed by atoms with Gasteiger partial charge >= 0.3 is 0 Å². The molecule has 3 rings (SSSR count). The third-order valence-electron chi connectivity index (χ3n) is 3.38. The minimum Gasteiger partial charge on any atom is -0.394 e. The zero-order valence-corrected chi connectivity index (χ0v) is 10.3. The first-order valence-corrected chi connectivity index (χ1v) is 6.00. The minimum absolute atomic E-state index is 0.175. The van der Waals surface area contributed by atoms with Crippen molar-refractivity contribution < 1.29 is 20.1 Å². The van der Waals surface area contributed by atoms with E-state index in [0.29, 0.717) is 5.52 Å². The van der Waals surface area contributed by atoms with Crippen molar-refractivity contribution in [2.24, 2.45) is 0 Å². The molecule has 2 aromatic rings. The van der Waals surface area contributed by atoms with Gasteiger partial charge in [0.25, 0.3) is 5.56 Å². The maximum Gasteiger partial charge on any atom is 0.275 e. The second kappa shape index (κ2) is 4.56. The Hall–Kier alpha value is -1.94. The average molecular weight is 282 g/mol. The van der Waals surface area contributed by atoms with E-state index in [1.165, 1.54) is 17.0 Å². The van der Waals surface area contributed by atoms with Crippen molar-refractivity contribution in [3.05, 3.63) is 22.7 Å². The van der Waals surface area contributed by atoms with Crippen molar-refractivity contribution in [3.63, 3.8) is 0 Å². The van der Waals surface area contributed by atoms with E-state index in [0.717, 1.165) is 0 Å². The second-order valence-corrected chi connectivity index (χ2v) is 4.67.